The van der Waals surface area contributed by atoms with Gasteiger partial charge in [-0.15, -0.1) is 6.58 Å². The first kappa shape index (κ1) is 16.4. The van der Waals surface area contributed by atoms with Gasteiger partial charge in [0, 0.05) is 6.54 Å². The van der Waals surface area contributed by atoms with Crippen LogP contribution in [0.15, 0.2) is 43.0 Å². The summed E-state index contributed by atoms with van der Waals surface area (Å²) in [6, 6.07) is 9.69. The summed E-state index contributed by atoms with van der Waals surface area (Å²) in [7, 11) is -3.41. The summed E-state index contributed by atoms with van der Waals surface area (Å²) in [4.78, 5) is 11.3. The number of benzene rings is 1. The van der Waals surface area contributed by atoms with Gasteiger partial charge in [-0.2, -0.15) is 0 Å². The summed E-state index contributed by atoms with van der Waals surface area (Å²) in [5, 5.41) is 2.50. The van der Waals surface area contributed by atoms with Crippen LogP contribution in [0.3, 0.4) is 0 Å². The van der Waals surface area contributed by atoms with Crippen LogP contribution in [0.4, 0.5) is 0 Å². The van der Waals surface area contributed by atoms with Crippen molar-refractivity contribution in [2.45, 2.75) is 12.8 Å². The van der Waals surface area contributed by atoms with E-state index in [4.69, 9.17) is 0 Å². The van der Waals surface area contributed by atoms with E-state index in [1.54, 1.807) is 0 Å². The number of carbonyl (C=O) groups excluding carboxylic acids is 1. The minimum atomic E-state index is -3.41. The quantitative estimate of drug-likeness (QED) is 0.663. The molecule has 0 saturated heterocycles. The molecule has 20 heavy (non-hydrogen) atoms. The van der Waals surface area contributed by atoms with Gasteiger partial charge >= 0.3 is 0 Å². The van der Waals surface area contributed by atoms with Gasteiger partial charge in [-0.1, -0.05) is 36.4 Å². The molecule has 1 aromatic rings. The molecule has 6 heteroatoms. The fourth-order valence-corrected chi connectivity index (χ4v) is 2.63. The Hall–Kier alpha value is -1.66. The monoisotopic (exact) mass is 296 g/mol. The molecule has 0 bridgehead atoms. The summed E-state index contributed by atoms with van der Waals surface area (Å²) in [6.45, 7) is 3.55. The predicted molar refractivity (Wildman–Crippen MR) is 79.8 cm³/mol. The minimum Gasteiger partial charge on any atom is -0.352 e. The lowest BCUT2D eigenvalue weighted by Gasteiger charge is -2.07. The average Bonchev–Trinajstić information content (AvgIpc) is 2.44. The Morgan fingerprint density at radius 2 is 1.95 bits per heavy atom. The lowest BCUT2D eigenvalue weighted by molar-refractivity contribution is -0.119. The molecular weight excluding hydrogens is 276 g/mol. The van der Waals surface area contributed by atoms with Crippen molar-refractivity contribution in [3.63, 3.8) is 0 Å². The molecule has 2 N–H and O–H groups in total. The van der Waals surface area contributed by atoms with Crippen LogP contribution in [-0.4, -0.2) is 33.2 Å². The van der Waals surface area contributed by atoms with Crippen LogP contribution in [-0.2, 0) is 21.2 Å². The van der Waals surface area contributed by atoms with Crippen LogP contribution in [0.1, 0.15) is 12.0 Å². The maximum Gasteiger partial charge on any atom is 0.235 e. The Morgan fingerprint density at radius 1 is 1.25 bits per heavy atom. The average molecular weight is 296 g/mol. The molecule has 1 amide bonds. The molecule has 0 aromatic heterocycles. The number of hydrogen-bond acceptors (Lipinski definition) is 3. The van der Waals surface area contributed by atoms with Crippen molar-refractivity contribution >= 4 is 15.9 Å². The standard InChI is InChI=1S/C14H20N2O3S/c1-2-10-15-14(17)12-16-20(18,19)11-6-9-13-7-4-3-5-8-13/h2-5,7-8,16H,1,6,9-12H2,(H,15,17). The summed E-state index contributed by atoms with van der Waals surface area (Å²) >= 11 is 0. The van der Waals surface area contributed by atoms with Crippen LogP contribution in [0.25, 0.3) is 0 Å². The van der Waals surface area contributed by atoms with Crippen LogP contribution in [0, 0.1) is 0 Å². The molecule has 5 nitrogen and oxygen atoms in total. The van der Waals surface area contributed by atoms with Crippen molar-refractivity contribution in [3.05, 3.63) is 48.6 Å². The van der Waals surface area contributed by atoms with Crippen molar-refractivity contribution in [2.75, 3.05) is 18.8 Å². The van der Waals surface area contributed by atoms with E-state index in [0.29, 0.717) is 19.4 Å². The van der Waals surface area contributed by atoms with Gasteiger partial charge in [0.05, 0.1) is 12.3 Å². The summed E-state index contributed by atoms with van der Waals surface area (Å²) < 4.78 is 25.7. The molecule has 0 atom stereocenters. The van der Waals surface area contributed by atoms with Crippen LogP contribution in [0.5, 0.6) is 0 Å². The van der Waals surface area contributed by atoms with Gasteiger partial charge in [0.1, 0.15) is 0 Å². The lowest BCUT2D eigenvalue weighted by atomic mass is 10.1. The molecule has 110 valence electrons. The minimum absolute atomic E-state index is 0.0105. The molecular formula is C14H20N2O3S. The van der Waals surface area contributed by atoms with Crippen molar-refractivity contribution in [3.8, 4) is 0 Å². The first-order valence-corrected chi connectivity index (χ1v) is 8.07. The zero-order valence-corrected chi connectivity index (χ0v) is 12.2. The number of rotatable bonds is 9. The maximum absolute atomic E-state index is 11.7. The molecule has 0 radical (unpaired) electrons. The molecule has 1 rings (SSSR count). The molecule has 1 aromatic carbocycles. The third-order valence-corrected chi connectivity index (χ3v) is 4.03. The summed E-state index contributed by atoms with van der Waals surface area (Å²) in [6.07, 6.45) is 2.75. The van der Waals surface area contributed by atoms with Gasteiger partial charge in [-0.25, -0.2) is 13.1 Å². The normalized spacial score (nSPS) is 11.0. The molecule has 0 spiro atoms. The van der Waals surface area contributed by atoms with Crippen LogP contribution >= 0.6 is 0 Å². The van der Waals surface area contributed by atoms with Crippen molar-refractivity contribution < 1.29 is 13.2 Å². The van der Waals surface area contributed by atoms with Crippen molar-refractivity contribution in [2.24, 2.45) is 0 Å². The van der Waals surface area contributed by atoms with Gasteiger partial charge in [0.15, 0.2) is 0 Å². The zero-order valence-electron chi connectivity index (χ0n) is 11.3. The highest BCUT2D eigenvalue weighted by Crippen LogP contribution is 2.03. The smallest absolute Gasteiger partial charge is 0.235 e. The topological polar surface area (TPSA) is 75.3 Å². The number of hydrogen-bond donors (Lipinski definition) is 2. The van der Waals surface area contributed by atoms with Gasteiger partial charge in [0.2, 0.25) is 15.9 Å². The highest BCUT2D eigenvalue weighted by Gasteiger charge is 2.11. The molecule has 0 saturated carbocycles. The van der Waals surface area contributed by atoms with Crippen molar-refractivity contribution in [1.82, 2.24) is 10.0 Å². The number of carbonyl (C=O) groups is 1. The van der Waals surface area contributed by atoms with E-state index in [0.717, 1.165) is 5.56 Å². The predicted octanol–water partition coefficient (Wildman–Crippen LogP) is 0.841. The number of nitrogens with one attached hydrogen (secondary N) is 2. The van der Waals surface area contributed by atoms with E-state index >= 15 is 0 Å². The van der Waals surface area contributed by atoms with E-state index in [1.807, 2.05) is 30.3 Å². The Morgan fingerprint density at radius 3 is 2.60 bits per heavy atom. The van der Waals surface area contributed by atoms with E-state index in [2.05, 4.69) is 16.6 Å². The van der Waals surface area contributed by atoms with Gasteiger partial charge in [-0.3, -0.25) is 4.79 Å². The summed E-state index contributed by atoms with van der Waals surface area (Å²) in [5.74, 6) is -0.354. The fraction of sp³-hybridized carbons (Fsp3) is 0.357. The maximum atomic E-state index is 11.7. The Balaban J connectivity index is 2.27. The third-order valence-electron chi connectivity index (χ3n) is 2.62. The first-order valence-electron chi connectivity index (χ1n) is 6.42. The molecule has 0 aliphatic carbocycles. The van der Waals surface area contributed by atoms with Gasteiger partial charge in [-0.05, 0) is 18.4 Å². The van der Waals surface area contributed by atoms with Gasteiger partial charge < -0.3 is 5.32 Å². The van der Waals surface area contributed by atoms with Crippen LogP contribution < -0.4 is 10.0 Å². The van der Waals surface area contributed by atoms with E-state index in [-0.39, 0.29) is 18.2 Å². The van der Waals surface area contributed by atoms with Crippen molar-refractivity contribution in [1.29, 1.82) is 0 Å². The second-order valence-electron chi connectivity index (χ2n) is 4.32. The molecule has 0 unspecified atom stereocenters. The third kappa shape index (κ3) is 7.06. The number of aryl methyl sites for hydroxylation is 1. The Labute approximate surface area is 120 Å². The zero-order chi connectivity index (χ0) is 14.8. The second kappa shape index (κ2) is 8.50. The van der Waals surface area contributed by atoms with E-state index in [1.165, 1.54) is 6.08 Å². The van der Waals surface area contributed by atoms with E-state index < -0.39 is 10.0 Å². The Kier molecular flexibility index (Phi) is 6.97. The highest BCUT2D eigenvalue weighted by molar-refractivity contribution is 7.89. The highest BCUT2D eigenvalue weighted by atomic mass is 32.2. The molecule has 0 aliphatic rings. The lowest BCUT2D eigenvalue weighted by Crippen LogP contribution is -2.37. The molecule has 0 heterocycles. The molecule has 0 fully saturated rings. The van der Waals surface area contributed by atoms with E-state index in [9.17, 15) is 13.2 Å². The second-order valence-corrected chi connectivity index (χ2v) is 6.25. The summed E-state index contributed by atoms with van der Waals surface area (Å²) in [5.41, 5.74) is 1.10. The first-order chi connectivity index (χ1) is 9.53. The largest absolute Gasteiger partial charge is 0.352 e. The van der Waals surface area contributed by atoms with Gasteiger partial charge in [0.25, 0.3) is 0 Å². The fourth-order valence-electron chi connectivity index (χ4n) is 1.61. The Bertz CT molecular complexity index is 527. The SMILES string of the molecule is C=CCNC(=O)CNS(=O)(=O)CCCc1ccccc1. The number of sulfonamides is 1. The number of amides is 1. The molecule has 0 aliphatic heterocycles. The van der Waals surface area contributed by atoms with Crippen LogP contribution in [0.2, 0.25) is 0 Å².